The lowest BCUT2D eigenvalue weighted by Gasteiger charge is -2.12. The van der Waals surface area contributed by atoms with Crippen LogP contribution in [0, 0.1) is 6.92 Å². The van der Waals surface area contributed by atoms with E-state index < -0.39 is 0 Å². The van der Waals surface area contributed by atoms with Crippen LogP contribution >= 0.6 is 11.6 Å². The molecule has 1 nitrogen and oxygen atoms in total. The first kappa shape index (κ1) is 11.4. The highest BCUT2D eigenvalue weighted by atomic mass is 35.5. The van der Waals surface area contributed by atoms with Crippen LogP contribution in [0.3, 0.4) is 0 Å². The number of hydrogen-bond acceptors (Lipinski definition) is 1. The summed E-state index contributed by atoms with van der Waals surface area (Å²) in [5.41, 5.74) is 1.04. The number of benzene rings is 1. The maximum Gasteiger partial charge on any atom is 0.138 e. The molecule has 14 heavy (non-hydrogen) atoms. The summed E-state index contributed by atoms with van der Waals surface area (Å²) in [6.07, 6.45) is 0.987. The van der Waals surface area contributed by atoms with E-state index in [-0.39, 0.29) is 5.92 Å². The van der Waals surface area contributed by atoms with Gasteiger partial charge in [0.2, 0.25) is 0 Å². The van der Waals surface area contributed by atoms with Gasteiger partial charge in [-0.3, -0.25) is 0 Å². The Kier molecular flexibility index (Phi) is 4.27. The van der Waals surface area contributed by atoms with Gasteiger partial charge in [0.25, 0.3) is 0 Å². The molecule has 0 aliphatic heterocycles. The topological polar surface area (TPSA) is 9.23 Å². The van der Waals surface area contributed by atoms with Crippen LogP contribution in [-0.4, -0.2) is 6.61 Å². The normalized spacial score (nSPS) is 10.6. The Morgan fingerprint density at radius 1 is 1.50 bits per heavy atom. The van der Waals surface area contributed by atoms with Crippen LogP contribution in [-0.2, 0) is 0 Å². The summed E-state index contributed by atoms with van der Waals surface area (Å²) in [7, 11) is 0. The van der Waals surface area contributed by atoms with Crippen molar-refractivity contribution in [3.8, 4) is 5.75 Å². The minimum Gasteiger partial charge on any atom is -0.492 e. The van der Waals surface area contributed by atoms with Crippen LogP contribution in [0.4, 0.5) is 0 Å². The van der Waals surface area contributed by atoms with E-state index in [4.69, 9.17) is 16.3 Å². The Balaban J connectivity index is 2.89. The molecule has 0 spiro atoms. The summed E-state index contributed by atoms with van der Waals surface area (Å²) in [6.45, 7) is 8.74. The Labute approximate surface area is 91.0 Å². The molecule has 0 saturated heterocycles. The van der Waals surface area contributed by atoms with Crippen molar-refractivity contribution in [1.82, 2.24) is 0 Å². The summed E-state index contributed by atoms with van der Waals surface area (Å²) in [5, 5.41) is 0.698. The lowest BCUT2D eigenvalue weighted by Crippen LogP contribution is -1.98. The Morgan fingerprint density at radius 3 is 2.79 bits per heavy atom. The van der Waals surface area contributed by atoms with Gasteiger partial charge in [-0.15, -0.1) is 0 Å². The van der Waals surface area contributed by atoms with Gasteiger partial charge in [-0.05, 0) is 30.9 Å². The van der Waals surface area contributed by atoms with E-state index in [0.29, 0.717) is 11.6 Å². The highest BCUT2D eigenvalue weighted by molar-refractivity contribution is 6.32. The molecule has 0 N–H and O–H groups in total. The molecule has 1 unspecified atom stereocenters. The zero-order valence-corrected chi connectivity index (χ0v) is 9.47. The first-order valence-corrected chi connectivity index (χ1v) is 5.29. The van der Waals surface area contributed by atoms with Gasteiger partial charge in [0, 0.05) is 0 Å². The smallest absolute Gasteiger partial charge is 0.138 e. The first-order chi connectivity index (χ1) is 6.66. The summed E-state index contributed by atoms with van der Waals surface area (Å²) in [4.78, 5) is 0. The van der Waals surface area contributed by atoms with Crippen LogP contribution in [0.5, 0.6) is 5.75 Å². The fourth-order valence-corrected chi connectivity index (χ4v) is 1.60. The van der Waals surface area contributed by atoms with Crippen molar-refractivity contribution in [3.05, 3.63) is 35.7 Å². The highest BCUT2D eigenvalue weighted by Gasteiger charge is 2.09. The van der Waals surface area contributed by atoms with Crippen molar-refractivity contribution >= 4 is 11.6 Å². The third kappa shape index (κ3) is 2.65. The molecule has 0 amide bonds. The van der Waals surface area contributed by atoms with Crippen molar-refractivity contribution < 1.29 is 4.74 Å². The average Bonchev–Trinajstić information content (AvgIpc) is 2.16. The highest BCUT2D eigenvalue weighted by Crippen LogP contribution is 2.32. The van der Waals surface area contributed by atoms with Crippen molar-refractivity contribution in [1.29, 1.82) is 0 Å². The van der Waals surface area contributed by atoms with Gasteiger partial charge >= 0.3 is 0 Å². The van der Waals surface area contributed by atoms with E-state index >= 15 is 0 Å². The molecule has 0 aliphatic carbocycles. The lowest BCUT2D eigenvalue weighted by molar-refractivity contribution is 0.317. The molecule has 0 aromatic heterocycles. The van der Waals surface area contributed by atoms with E-state index in [1.165, 1.54) is 0 Å². The number of hydrogen-bond donors (Lipinski definition) is 0. The van der Waals surface area contributed by atoms with Gasteiger partial charge in [-0.2, -0.15) is 0 Å². The van der Waals surface area contributed by atoms with Crippen molar-refractivity contribution in [2.75, 3.05) is 6.61 Å². The largest absolute Gasteiger partial charge is 0.492 e. The number of ether oxygens (including phenoxy) is 1. The molecular weight excluding hydrogens is 196 g/mol. The molecule has 1 radical (unpaired) electrons. The van der Waals surface area contributed by atoms with E-state index in [1.807, 2.05) is 25.1 Å². The standard InChI is InChI=1S/C12H16ClO/c1-4-8-14-11-7-5-6-10(9(2)3)12(11)13/h5-7,9H,2,4,8H2,1,3H3. The van der Waals surface area contributed by atoms with Gasteiger partial charge in [-0.1, -0.05) is 37.6 Å². The molecule has 0 aliphatic rings. The Hall–Kier alpha value is -0.690. The molecule has 0 saturated carbocycles. The molecule has 1 aromatic carbocycles. The van der Waals surface area contributed by atoms with Crippen LogP contribution < -0.4 is 4.74 Å². The minimum atomic E-state index is 0.188. The van der Waals surface area contributed by atoms with E-state index in [9.17, 15) is 0 Å². The Morgan fingerprint density at radius 2 is 2.21 bits per heavy atom. The summed E-state index contributed by atoms with van der Waals surface area (Å²) in [5.74, 6) is 0.953. The van der Waals surface area contributed by atoms with Gasteiger partial charge in [0.05, 0.1) is 11.6 Å². The summed E-state index contributed by atoms with van der Waals surface area (Å²) < 4.78 is 5.52. The second kappa shape index (κ2) is 5.26. The maximum absolute atomic E-state index is 6.17. The van der Waals surface area contributed by atoms with Crippen LogP contribution in [0.1, 0.15) is 31.7 Å². The molecule has 1 atom stereocenters. The quantitative estimate of drug-likeness (QED) is 0.730. The molecule has 0 heterocycles. The zero-order valence-electron chi connectivity index (χ0n) is 8.72. The third-order valence-electron chi connectivity index (χ3n) is 1.99. The fraction of sp³-hybridized carbons (Fsp3) is 0.417. The van der Waals surface area contributed by atoms with Crippen LogP contribution in [0.2, 0.25) is 5.02 Å². The second-order valence-corrected chi connectivity index (χ2v) is 3.79. The second-order valence-electron chi connectivity index (χ2n) is 3.41. The van der Waals surface area contributed by atoms with Crippen LogP contribution in [0.15, 0.2) is 18.2 Å². The third-order valence-corrected chi connectivity index (χ3v) is 2.39. The van der Waals surface area contributed by atoms with Crippen LogP contribution in [0.25, 0.3) is 0 Å². The number of halogens is 1. The summed E-state index contributed by atoms with van der Waals surface area (Å²) in [6, 6.07) is 5.83. The first-order valence-electron chi connectivity index (χ1n) is 4.91. The molecular formula is C12H16ClO. The number of rotatable bonds is 4. The summed E-state index contributed by atoms with van der Waals surface area (Å²) >= 11 is 6.17. The minimum absolute atomic E-state index is 0.188. The van der Waals surface area contributed by atoms with Gasteiger partial charge in [0.15, 0.2) is 0 Å². The lowest BCUT2D eigenvalue weighted by atomic mass is 10.0. The molecule has 1 rings (SSSR count). The molecule has 2 heteroatoms. The molecule has 1 aromatic rings. The zero-order chi connectivity index (χ0) is 10.6. The van der Waals surface area contributed by atoms with Gasteiger partial charge in [-0.25, -0.2) is 0 Å². The van der Waals surface area contributed by atoms with Gasteiger partial charge in [0.1, 0.15) is 5.75 Å². The predicted octanol–water partition coefficient (Wildman–Crippen LogP) is 4.07. The van der Waals surface area contributed by atoms with E-state index in [1.54, 1.807) is 0 Å². The SMILES string of the molecule is [CH2]C(C)c1cccc(OCCC)c1Cl. The van der Waals surface area contributed by atoms with E-state index in [2.05, 4.69) is 13.8 Å². The molecule has 0 bridgehead atoms. The Bertz CT molecular complexity index is 294. The van der Waals surface area contributed by atoms with Crippen molar-refractivity contribution in [3.63, 3.8) is 0 Å². The monoisotopic (exact) mass is 211 g/mol. The van der Waals surface area contributed by atoms with Gasteiger partial charge < -0.3 is 4.74 Å². The van der Waals surface area contributed by atoms with E-state index in [0.717, 1.165) is 17.7 Å². The molecule has 0 fully saturated rings. The predicted molar refractivity (Wildman–Crippen MR) is 61.0 cm³/mol. The van der Waals surface area contributed by atoms with Crippen molar-refractivity contribution in [2.45, 2.75) is 26.2 Å². The average molecular weight is 212 g/mol. The van der Waals surface area contributed by atoms with Crippen molar-refractivity contribution in [2.24, 2.45) is 0 Å². The molecule has 77 valence electrons. The maximum atomic E-state index is 6.17. The fourth-order valence-electron chi connectivity index (χ4n) is 1.23.